The lowest BCUT2D eigenvalue weighted by Gasteiger charge is -2.24. The van der Waals surface area contributed by atoms with Crippen molar-refractivity contribution < 1.29 is 13.7 Å². The summed E-state index contributed by atoms with van der Waals surface area (Å²) >= 11 is 0. The van der Waals surface area contributed by atoms with Crippen LogP contribution in [0.2, 0.25) is 0 Å². The maximum atomic E-state index is 13.3. The van der Waals surface area contributed by atoms with Gasteiger partial charge in [0.1, 0.15) is 11.5 Å². The molecule has 3 rings (SSSR count). The van der Waals surface area contributed by atoms with Crippen LogP contribution in [0.15, 0.2) is 28.8 Å². The van der Waals surface area contributed by atoms with Crippen molar-refractivity contribution in [1.29, 1.82) is 0 Å². The van der Waals surface area contributed by atoms with Gasteiger partial charge in [-0.15, -0.1) is 0 Å². The molecule has 1 saturated carbocycles. The van der Waals surface area contributed by atoms with E-state index >= 15 is 0 Å². The molecule has 1 aliphatic carbocycles. The highest BCUT2D eigenvalue weighted by molar-refractivity contribution is 5.77. The summed E-state index contributed by atoms with van der Waals surface area (Å²) in [7, 11) is 0. The van der Waals surface area contributed by atoms with Crippen molar-refractivity contribution in [1.82, 2.24) is 10.1 Å². The number of carbonyl (C=O) groups excluding carboxylic acids is 1. The molecular formula is C20H26FN3O2. The van der Waals surface area contributed by atoms with Gasteiger partial charge in [-0.3, -0.25) is 4.79 Å². The van der Waals surface area contributed by atoms with E-state index in [0.717, 1.165) is 37.1 Å². The summed E-state index contributed by atoms with van der Waals surface area (Å²) in [6, 6.07) is 6.54. The molecule has 1 aromatic carbocycles. The van der Waals surface area contributed by atoms with Gasteiger partial charge in [-0.25, -0.2) is 4.39 Å². The second-order valence-electron chi connectivity index (χ2n) is 6.60. The van der Waals surface area contributed by atoms with Gasteiger partial charge >= 0.3 is 0 Å². The molecular weight excluding hydrogens is 333 g/mol. The lowest BCUT2D eigenvalue weighted by atomic mass is 10.1. The summed E-state index contributed by atoms with van der Waals surface area (Å²) < 4.78 is 19.0. The van der Waals surface area contributed by atoms with Gasteiger partial charge in [-0.1, -0.05) is 12.1 Å². The largest absolute Gasteiger partial charge is 0.341 e. The van der Waals surface area contributed by atoms with Crippen molar-refractivity contribution in [2.75, 3.05) is 18.0 Å². The molecule has 1 heterocycles. The highest BCUT2D eigenvalue weighted by Gasteiger charge is 2.34. The maximum Gasteiger partial charge on any atom is 0.232 e. The third kappa shape index (κ3) is 3.74. The predicted molar refractivity (Wildman–Crippen MR) is 99.3 cm³/mol. The average molecular weight is 359 g/mol. The minimum absolute atomic E-state index is 0.143. The fourth-order valence-corrected chi connectivity index (χ4v) is 3.22. The van der Waals surface area contributed by atoms with E-state index < -0.39 is 0 Å². The first-order chi connectivity index (χ1) is 12.6. The van der Waals surface area contributed by atoms with Crippen molar-refractivity contribution in [3.05, 3.63) is 35.6 Å². The highest BCUT2D eigenvalue weighted by Crippen LogP contribution is 2.36. The molecule has 2 aromatic rings. The maximum absolute atomic E-state index is 13.3. The monoisotopic (exact) mass is 359 g/mol. The highest BCUT2D eigenvalue weighted by atomic mass is 19.1. The molecule has 0 bridgehead atoms. The molecule has 0 unspecified atom stereocenters. The van der Waals surface area contributed by atoms with Crippen molar-refractivity contribution in [2.45, 2.75) is 52.6 Å². The Morgan fingerprint density at radius 3 is 2.38 bits per heavy atom. The fourth-order valence-electron chi connectivity index (χ4n) is 3.22. The van der Waals surface area contributed by atoms with Crippen LogP contribution in [-0.4, -0.2) is 35.1 Å². The van der Waals surface area contributed by atoms with Crippen molar-refractivity contribution in [3.8, 4) is 11.3 Å². The van der Waals surface area contributed by atoms with Gasteiger partial charge in [0.2, 0.25) is 11.8 Å². The summed E-state index contributed by atoms with van der Waals surface area (Å²) in [5.74, 6) is 0.552. The van der Waals surface area contributed by atoms with Gasteiger partial charge in [-0.05, 0) is 51.0 Å². The number of aromatic nitrogens is 1. The molecule has 1 aliphatic rings. The fraction of sp³-hybridized carbons (Fsp3) is 0.500. The third-order valence-electron chi connectivity index (χ3n) is 4.87. The average Bonchev–Trinajstić information content (AvgIpc) is 3.42. The number of hydrogen-bond donors (Lipinski definition) is 0. The number of carbonyl (C=O) groups is 1. The lowest BCUT2D eigenvalue weighted by Crippen LogP contribution is -2.33. The molecule has 0 saturated heterocycles. The Morgan fingerprint density at radius 2 is 1.85 bits per heavy atom. The molecule has 0 N–H and O–H groups in total. The van der Waals surface area contributed by atoms with E-state index in [1.54, 1.807) is 12.1 Å². The second kappa shape index (κ2) is 7.89. The zero-order chi connectivity index (χ0) is 18.7. The SMILES string of the molecule is CCC(=O)N(Cc1c(-c2ccc(F)cc2)noc1N(CC)CC)C1CC1. The van der Waals surface area contributed by atoms with Crippen LogP contribution in [0, 0.1) is 5.82 Å². The van der Waals surface area contributed by atoms with Gasteiger partial charge in [0.25, 0.3) is 0 Å². The van der Waals surface area contributed by atoms with Crippen LogP contribution in [0.25, 0.3) is 11.3 Å². The van der Waals surface area contributed by atoms with Crippen LogP contribution in [0.3, 0.4) is 0 Å². The topological polar surface area (TPSA) is 49.6 Å². The Labute approximate surface area is 153 Å². The molecule has 1 amide bonds. The Balaban J connectivity index is 2.02. The van der Waals surface area contributed by atoms with Crippen LogP contribution in [0.4, 0.5) is 10.3 Å². The van der Waals surface area contributed by atoms with E-state index in [1.807, 2.05) is 11.8 Å². The number of anilines is 1. The van der Waals surface area contributed by atoms with Gasteiger partial charge in [0.05, 0.1) is 12.1 Å². The molecule has 5 nitrogen and oxygen atoms in total. The van der Waals surface area contributed by atoms with Gasteiger partial charge in [-0.2, -0.15) is 0 Å². The van der Waals surface area contributed by atoms with Gasteiger partial charge < -0.3 is 14.3 Å². The van der Waals surface area contributed by atoms with E-state index in [1.165, 1.54) is 12.1 Å². The summed E-state index contributed by atoms with van der Waals surface area (Å²) in [6.07, 6.45) is 2.57. The number of nitrogens with zero attached hydrogens (tertiary/aromatic N) is 3. The van der Waals surface area contributed by atoms with Crippen LogP contribution in [0.5, 0.6) is 0 Å². The number of rotatable bonds is 8. The standard InChI is InChI=1S/C20H26FN3O2/c1-4-18(25)24(16-11-12-16)13-17-19(14-7-9-15(21)10-8-14)22-26-20(17)23(5-2)6-3/h7-10,16H,4-6,11-13H2,1-3H3. The summed E-state index contributed by atoms with van der Waals surface area (Å²) in [5.41, 5.74) is 2.37. The van der Waals surface area contributed by atoms with Crippen LogP contribution in [-0.2, 0) is 11.3 Å². The van der Waals surface area contributed by atoms with E-state index in [0.29, 0.717) is 30.6 Å². The molecule has 0 radical (unpaired) electrons. The Kier molecular flexibility index (Phi) is 5.59. The first kappa shape index (κ1) is 18.4. The van der Waals surface area contributed by atoms with Crippen molar-refractivity contribution in [2.24, 2.45) is 0 Å². The molecule has 0 spiro atoms. The number of benzene rings is 1. The van der Waals surface area contributed by atoms with Crippen molar-refractivity contribution >= 4 is 11.8 Å². The van der Waals surface area contributed by atoms with E-state index in [9.17, 15) is 9.18 Å². The minimum Gasteiger partial charge on any atom is -0.341 e. The Hall–Kier alpha value is -2.37. The normalized spacial score (nSPS) is 13.7. The third-order valence-corrected chi connectivity index (χ3v) is 4.87. The van der Waals surface area contributed by atoms with E-state index in [4.69, 9.17) is 4.52 Å². The van der Waals surface area contributed by atoms with E-state index in [2.05, 4.69) is 23.9 Å². The van der Waals surface area contributed by atoms with Crippen LogP contribution < -0.4 is 4.90 Å². The van der Waals surface area contributed by atoms with Crippen LogP contribution >= 0.6 is 0 Å². The molecule has 26 heavy (non-hydrogen) atoms. The first-order valence-electron chi connectivity index (χ1n) is 9.37. The lowest BCUT2D eigenvalue weighted by molar-refractivity contribution is -0.132. The quantitative estimate of drug-likeness (QED) is 0.708. The van der Waals surface area contributed by atoms with E-state index in [-0.39, 0.29) is 11.7 Å². The smallest absolute Gasteiger partial charge is 0.232 e. The molecule has 0 atom stereocenters. The first-order valence-corrected chi connectivity index (χ1v) is 9.37. The van der Waals surface area contributed by atoms with Crippen LogP contribution in [0.1, 0.15) is 45.6 Å². The number of halogens is 1. The van der Waals surface area contributed by atoms with Gasteiger partial charge in [0, 0.05) is 31.1 Å². The van der Waals surface area contributed by atoms with Gasteiger partial charge in [0.15, 0.2) is 0 Å². The second-order valence-corrected chi connectivity index (χ2v) is 6.60. The zero-order valence-electron chi connectivity index (χ0n) is 15.7. The number of hydrogen-bond acceptors (Lipinski definition) is 4. The zero-order valence-corrected chi connectivity index (χ0v) is 15.7. The Bertz CT molecular complexity index is 749. The summed E-state index contributed by atoms with van der Waals surface area (Å²) in [4.78, 5) is 16.5. The summed E-state index contributed by atoms with van der Waals surface area (Å²) in [6.45, 7) is 8.04. The molecule has 1 fully saturated rings. The van der Waals surface area contributed by atoms with Crippen molar-refractivity contribution in [3.63, 3.8) is 0 Å². The predicted octanol–water partition coefficient (Wildman–Crippen LogP) is 4.23. The molecule has 6 heteroatoms. The molecule has 1 aromatic heterocycles. The minimum atomic E-state index is -0.288. The Morgan fingerprint density at radius 1 is 1.19 bits per heavy atom. The summed E-state index contributed by atoms with van der Waals surface area (Å²) in [5, 5.41) is 4.27. The molecule has 140 valence electrons. The number of amides is 1. The molecule has 0 aliphatic heterocycles.